The van der Waals surface area contributed by atoms with E-state index in [9.17, 15) is 0 Å². The zero-order chi connectivity index (χ0) is 13.7. The van der Waals surface area contributed by atoms with Gasteiger partial charge in [-0.1, -0.05) is 44.9 Å². The van der Waals surface area contributed by atoms with Gasteiger partial charge in [-0.15, -0.1) is 0 Å². The monoisotopic (exact) mass is 268 g/mol. The number of benzene rings is 1. The van der Waals surface area contributed by atoms with Gasteiger partial charge in [-0.3, -0.25) is 0 Å². The lowest BCUT2D eigenvalue weighted by molar-refractivity contribution is 0.137. The van der Waals surface area contributed by atoms with Crippen molar-refractivity contribution in [3.63, 3.8) is 0 Å². The van der Waals surface area contributed by atoms with Gasteiger partial charge in [-0.25, -0.2) is 0 Å². The van der Waals surface area contributed by atoms with Crippen LogP contribution >= 0.6 is 0 Å². The largest absolute Gasteiger partial charge is 0.0587 e. The Morgan fingerprint density at radius 1 is 0.950 bits per heavy atom. The van der Waals surface area contributed by atoms with Gasteiger partial charge >= 0.3 is 0 Å². The molecule has 20 heavy (non-hydrogen) atoms. The Morgan fingerprint density at radius 2 is 1.85 bits per heavy atom. The minimum atomic E-state index is 0.670. The Hall–Kier alpha value is -0.780. The van der Waals surface area contributed by atoms with Crippen LogP contribution in [0.3, 0.4) is 0 Å². The van der Waals surface area contributed by atoms with E-state index in [1.165, 1.54) is 50.5 Å². The van der Waals surface area contributed by atoms with Crippen LogP contribution < -0.4 is 0 Å². The highest BCUT2D eigenvalue weighted by molar-refractivity contribution is 5.38. The molecule has 0 aliphatic heterocycles. The van der Waals surface area contributed by atoms with Crippen molar-refractivity contribution in [3.8, 4) is 0 Å². The summed E-state index contributed by atoms with van der Waals surface area (Å²) in [4.78, 5) is 0. The smallest absolute Gasteiger partial charge is 0.0128 e. The van der Waals surface area contributed by atoms with Gasteiger partial charge in [0.05, 0.1) is 0 Å². The fourth-order valence-corrected chi connectivity index (χ4v) is 5.58. The maximum absolute atomic E-state index is 2.52. The van der Waals surface area contributed by atoms with E-state index in [0.717, 1.165) is 23.7 Å². The molecule has 0 saturated heterocycles. The quantitative estimate of drug-likeness (QED) is 0.616. The molecule has 0 aromatic heterocycles. The highest BCUT2D eigenvalue weighted by Gasteiger charge is 2.43. The zero-order valence-corrected chi connectivity index (χ0v) is 13.1. The summed E-state index contributed by atoms with van der Waals surface area (Å²) >= 11 is 0. The Kier molecular flexibility index (Phi) is 3.16. The minimum Gasteiger partial charge on any atom is -0.0587 e. The van der Waals surface area contributed by atoms with Crippen molar-refractivity contribution in [2.45, 2.75) is 70.6 Å². The molecule has 4 rings (SSSR count). The molecule has 1 aromatic carbocycles. The molecule has 0 nitrogen and oxygen atoms in total. The first kappa shape index (κ1) is 12.9. The van der Waals surface area contributed by atoms with Gasteiger partial charge in [0, 0.05) is 0 Å². The van der Waals surface area contributed by atoms with Gasteiger partial charge in [0.1, 0.15) is 0 Å². The minimum absolute atomic E-state index is 0.670. The van der Waals surface area contributed by atoms with Gasteiger partial charge in [-0.2, -0.15) is 0 Å². The molecule has 0 spiro atoms. The number of aryl methyl sites for hydroxylation is 1. The van der Waals surface area contributed by atoms with Gasteiger partial charge in [0.15, 0.2) is 0 Å². The molecule has 2 saturated carbocycles. The van der Waals surface area contributed by atoms with E-state index in [1.807, 2.05) is 0 Å². The van der Waals surface area contributed by atoms with Crippen molar-refractivity contribution in [2.24, 2.45) is 17.8 Å². The summed E-state index contributed by atoms with van der Waals surface area (Å²) in [6.07, 6.45) is 10.4. The fourth-order valence-electron chi connectivity index (χ4n) is 5.58. The lowest BCUT2D eigenvalue weighted by Crippen LogP contribution is -2.34. The van der Waals surface area contributed by atoms with Crippen LogP contribution in [-0.2, 0) is 6.42 Å². The summed E-state index contributed by atoms with van der Waals surface area (Å²) in [7, 11) is 0. The third-order valence-electron chi connectivity index (χ3n) is 6.61. The first-order valence-corrected chi connectivity index (χ1v) is 8.86. The Labute approximate surface area is 124 Å². The molecule has 0 radical (unpaired) electrons. The summed E-state index contributed by atoms with van der Waals surface area (Å²) in [6, 6.07) is 7.43. The Morgan fingerprint density at radius 3 is 2.70 bits per heavy atom. The second-order valence-electron chi connectivity index (χ2n) is 7.85. The summed E-state index contributed by atoms with van der Waals surface area (Å²) in [5.41, 5.74) is 4.96. The number of rotatable bonds is 1. The summed E-state index contributed by atoms with van der Waals surface area (Å²) < 4.78 is 0. The molecule has 0 N–H and O–H groups in total. The third kappa shape index (κ3) is 1.95. The normalized spacial score (nSPS) is 35.5. The number of hydrogen-bond donors (Lipinski definition) is 0. The zero-order valence-electron chi connectivity index (χ0n) is 13.1. The third-order valence-corrected chi connectivity index (χ3v) is 6.61. The van der Waals surface area contributed by atoms with Crippen LogP contribution in [0.4, 0.5) is 0 Å². The van der Waals surface area contributed by atoms with Gasteiger partial charge in [0.25, 0.3) is 0 Å². The lowest BCUT2D eigenvalue weighted by Gasteiger charge is -2.44. The van der Waals surface area contributed by atoms with Crippen molar-refractivity contribution in [2.75, 3.05) is 0 Å². The van der Waals surface area contributed by atoms with Crippen molar-refractivity contribution in [1.82, 2.24) is 0 Å². The molecule has 0 amide bonds. The van der Waals surface area contributed by atoms with Gasteiger partial charge < -0.3 is 0 Å². The average Bonchev–Trinajstić information content (AvgIpc) is 2.94. The van der Waals surface area contributed by atoms with Gasteiger partial charge in [-0.05, 0) is 78.4 Å². The van der Waals surface area contributed by atoms with Crippen LogP contribution in [0, 0.1) is 17.8 Å². The van der Waals surface area contributed by atoms with Gasteiger partial charge in [0.2, 0.25) is 0 Å². The van der Waals surface area contributed by atoms with Crippen LogP contribution in [-0.4, -0.2) is 0 Å². The standard InChI is InChI=1S/C20H28/c1-13(2)15-7-9-18-16(12-15)8-11-19-17-5-3-4-14(17)6-10-20(18)19/h7,9,12-14,17,19-20H,3-6,8,10-11H2,1-2H3. The second-order valence-corrected chi connectivity index (χ2v) is 7.85. The molecule has 4 unspecified atom stereocenters. The predicted octanol–water partition coefficient (Wildman–Crippen LogP) is 5.67. The molecule has 0 heterocycles. The maximum Gasteiger partial charge on any atom is -0.0128 e. The molecule has 1 aromatic rings. The lowest BCUT2D eigenvalue weighted by atomic mass is 9.61. The van der Waals surface area contributed by atoms with Crippen molar-refractivity contribution < 1.29 is 0 Å². The fraction of sp³-hybridized carbons (Fsp3) is 0.700. The topological polar surface area (TPSA) is 0 Å². The van der Waals surface area contributed by atoms with E-state index in [0.29, 0.717) is 5.92 Å². The summed E-state index contributed by atoms with van der Waals surface area (Å²) in [6.45, 7) is 4.63. The van der Waals surface area contributed by atoms with Crippen LogP contribution in [0.25, 0.3) is 0 Å². The SMILES string of the molecule is CC(C)c1ccc2c(c1)CCC1C2CCC2CCCC21. The van der Waals surface area contributed by atoms with Crippen molar-refractivity contribution >= 4 is 0 Å². The first-order valence-electron chi connectivity index (χ1n) is 8.86. The predicted molar refractivity (Wildman–Crippen MR) is 85.1 cm³/mol. The molecule has 4 atom stereocenters. The van der Waals surface area contributed by atoms with Crippen molar-refractivity contribution in [3.05, 3.63) is 34.9 Å². The number of fused-ring (bicyclic) bond motifs is 5. The Balaban J connectivity index is 1.67. The summed E-state index contributed by atoms with van der Waals surface area (Å²) in [5, 5.41) is 0. The van der Waals surface area contributed by atoms with E-state index >= 15 is 0 Å². The van der Waals surface area contributed by atoms with Crippen LogP contribution in [0.5, 0.6) is 0 Å². The average molecular weight is 268 g/mol. The van der Waals surface area contributed by atoms with E-state index in [1.54, 1.807) is 11.1 Å². The second kappa shape index (κ2) is 4.90. The van der Waals surface area contributed by atoms with Crippen LogP contribution in [0.1, 0.15) is 80.9 Å². The molecule has 0 heteroatoms. The Bertz CT molecular complexity index is 499. The van der Waals surface area contributed by atoms with E-state index in [2.05, 4.69) is 32.0 Å². The highest BCUT2D eigenvalue weighted by Crippen LogP contribution is 2.55. The van der Waals surface area contributed by atoms with Crippen LogP contribution in [0.15, 0.2) is 18.2 Å². The van der Waals surface area contributed by atoms with E-state index in [4.69, 9.17) is 0 Å². The number of hydrogen-bond acceptors (Lipinski definition) is 0. The van der Waals surface area contributed by atoms with Crippen molar-refractivity contribution in [1.29, 1.82) is 0 Å². The molecular formula is C20H28. The van der Waals surface area contributed by atoms with E-state index in [-0.39, 0.29) is 0 Å². The maximum atomic E-state index is 2.52. The molecule has 3 aliphatic carbocycles. The molecular weight excluding hydrogens is 240 g/mol. The molecule has 3 aliphatic rings. The molecule has 2 fully saturated rings. The molecule has 108 valence electrons. The summed E-state index contributed by atoms with van der Waals surface area (Å²) in [5.74, 6) is 4.76. The van der Waals surface area contributed by atoms with Crippen LogP contribution in [0.2, 0.25) is 0 Å². The highest BCUT2D eigenvalue weighted by atomic mass is 14.5. The first-order chi connectivity index (χ1) is 9.74. The van der Waals surface area contributed by atoms with E-state index < -0.39 is 0 Å². The molecule has 0 bridgehead atoms.